The standard InChI is InChI=1S/C15H18/c1-11-8-9-15(13(3)12(11)2)10-14-6-4-5-7-14/h4-6,8-9H,7,10H2,1-3H3. The summed E-state index contributed by atoms with van der Waals surface area (Å²) in [6.07, 6.45) is 8.87. The maximum atomic E-state index is 2.27. The van der Waals surface area contributed by atoms with E-state index in [0.29, 0.717) is 0 Å². The molecule has 0 nitrogen and oxygen atoms in total. The summed E-state index contributed by atoms with van der Waals surface area (Å²) in [5.41, 5.74) is 7.31. The van der Waals surface area contributed by atoms with Crippen LogP contribution in [-0.4, -0.2) is 0 Å². The van der Waals surface area contributed by atoms with E-state index in [4.69, 9.17) is 0 Å². The molecule has 0 N–H and O–H groups in total. The van der Waals surface area contributed by atoms with Crippen LogP contribution in [0.5, 0.6) is 0 Å². The highest BCUT2D eigenvalue weighted by Gasteiger charge is 2.06. The second kappa shape index (κ2) is 4.06. The van der Waals surface area contributed by atoms with Crippen LogP contribution in [0.3, 0.4) is 0 Å². The predicted octanol–water partition coefficient (Wildman–Crippen LogP) is 4.04. The van der Waals surface area contributed by atoms with E-state index in [2.05, 4.69) is 51.1 Å². The zero-order valence-corrected chi connectivity index (χ0v) is 9.80. The summed E-state index contributed by atoms with van der Waals surface area (Å²) in [6, 6.07) is 4.51. The minimum absolute atomic E-state index is 1.11. The van der Waals surface area contributed by atoms with Gasteiger partial charge in [0.15, 0.2) is 0 Å². The Hall–Kier alpha value is -1.30. The van der Waals surface area contributed by atoms with Crippen molar-refractivity contribution < 1.29 is 0 Å². The van der Waals surface area contributed by atoms with Crippen LogP contribution in [0.4, 0.5) is 0 Å². The smallest absolute Gasteiger partial charge is 0.00581 e. The lowest BCUT2D eigenvalue weighted by Crippen LogP contribution is -1.96. The van der Waals surface area contributed by atoms with Crippen LogP contribution in [0, 0.1) is 20.8 Å². The van der Waals surface area contributed by atoms with E-state index >= 15 is 0 Å². The van der Waals surface area contributed by atoms with Crippen molar-refractivity contribution in [2.75, 3.05) is 0 Å². The third-order valence-electron chi connectivity index (χ3n) is 3.44. The number of hydrogen-bond acceptors (Lipinski definition) is 0. The highest BCUT2D eigenvalue weighted by molar-refractivity contribution is 5.41. The number of benzene rings is 1. The molecule has 0 radical (unpaired) electrons. The van der Waals surface area contributed by atoms with E-state index < -0.39 is 0 Å². The highest BCUT2D eigenvalue weighted by atomic mass is 14.1. The van der Waals surface area contributed by atoms with Crippen molar-refractivity contribution in [3.05, 3.63) is 58.2 Å². The summed E-state index contributed by atoms with van der Waals surface area (Å²) in [5, 5.41) is 0. The van der Waals surface area contributed by atoms with Crippen LogP contribution < -0.4 is 0 Å². The number of allylic oxidation sites excluding steroid dienone is 4. The van der Waals surface area contributed by atoms with Crippen molar-refractivity contribution in [3.8, 4) is 0 Å². The Balaban J connectivity index is 2.26. The van der Waals surface area contributed by atoms with Gasteiger partial charge in [0, 0.05) is 0 Å². The van der Waals surface area contributed by atoms with Gasteiger partial charge in [-0.05, 0) is 55.9 Å². The van der Waals surface area contributed by atoms with E-state index in [1.165, 1.54) is 27.8 Å². The molecule has 15 heavy (non-hydrogen) atoms. The fourth-order valence-electron chi connectivity index (χ4n) is 2.07. The molecule has 1 aromatic rings. The number of aryl methyl sites for hydroxylation is 1. The number of hydrogen-bond donors (Lipinski definition) is 0. The van der Waals surface area contributed by atoms with Gasteiger partial charge >= 0.3 is 0 Å². The SMILES string of the molecule is Cc1ccc(CC2=CC=CC2)c(C)c1C. The monoisotopic (exact) mass is 198 g/mol. The molecule has 0 amide bonds. The molecule has 78 valence electrons. The Morgan fingerprint density at radius 1 is 1.07 bits per heavy atom. The molecule has 0 heterocycles. The van der Waals surface area contributed by atoms with Gasteiger partial charge in [-0.1, -0.05) is 35.9 Å². The minimum atomic E-state index is 1.11. The molecule has 0 aromatic heterocycles. The summed E-state index contributed by atoms with van der Waals surface area (Å²) in [5.74, 6) is 0. The summed E-state index contributed by atoms with van der Waals surface area (Å²) < 4.78 is 0. The van der Waals surface area contributed by atoms with Crippen molar-refractivity contribution in [2.24, 2.45) is 0 Å². The van der Waals surface area contributed by atoms with Crippen molar-refractivity contribution in [1.29, 1.82) is 0 Å². The summed E-state index contributed by atoms with van der Waals surface area (Å²) in [6.45, 7) is 6.64. The first-order chi connectivity index (χ1) is 7.18. The Morgan fingerprint density at radius 2 is 1.87 bits per heavy atom. The molecule has 1 aliphatic carbocycles. The van der Waals surface area contributed by atoms with Gasteiger partial charge in [-0.25, -0.2) is 0 Å². The van der Waals surface area contributed by atoms with Gasteiger partial charge in [-0.15, -0.1) is 0 Å². The Morgan fingerprint density at radius 3 is 2.53 bits per heavy atom. The van der Waals surface area contributed by atoms with E-state index in [1.807, 2.05) is 0 Å². The maximum absolute atomic E-state index is 2.27. The average Bonchev–Trinajstić information content (AvgIpc) is 2.72. The van der Waals surface area contributed by atoms with Crippen LogP contribution in [0.2, 0.25) is 0 Å². The summed E-state index contributed by atoms with van der Waals surface area (Å²) in [4.78, 5) is 0. The first-order valence-electron chi connectivity index (χ1n) is 5.58. The van der Waals surface area contributed by atoms with Gasteiger partial charge in [0.25, 0.3) is 0 Å². The normalized spacial score (nSPS) is 14.5. The summed E-state index contributed by atoms with van der Waals surface area (Å²) >= 11 is 0. The van der Waals surface area contributed by atoms with Crippen molar-refractivity contribution in [2.45, 2.75) is 33.6 Å². The van der Waals surface area contributed by atoms with E-state index in [9.17, 15) is 0 Å². The van der Waals surface area contributed by atoms with Crippen LogP contribution in [0.25, 0.3) is 0 Å². The quantitative estimate of drug-likeness (QED) is 0.672. The van der Waals surface area contributed by atoms with Crippen molar-refractivity contribution >= 4 is 0 Å². The Kier molecular flexibility index (Phi) is 2.77. The maximum Gasteiger partial charge on any atom is -0.00581 e. The van der Waals surface area contributed by atoms with E-state index in [0.717, 1.165) is 12.8 Å². The lowest BCUT2D eigenvalue weighted by atomic mass is 9.94. The van der Waals surface area contributed by atoms with Crippen LogP contribution in [0.15, 0.2) is 35.9 Å². The molecule has 0 saturated heterocycles. The first-order valence-corrected chi connectivity index (χ1v) is 5.58. The Bertz CT molecular complexity index is 434. The Labute approximate surface area is 92.3 Å². The van der Waals surface area contributed by atoms with Crippen molar-refractivity contribution in [1.82, 2.24) is 0 Å². The largest absolute Gasteiger partial charge is 0.0804 e. The topological polar surface area (TPSA) is 0 Å². The molecule has 0 unspecified atom stereocenters. The molecule has 1 aliphatic rings. The second-order valence-corrected chi connectivity index (χ2v) is 4.43. The lowest BCUT2D eigenvalue weighted by Gasteiger charge is -2.11. The molecule has 0 bridgehead atoms. The molecule has 0 atom stereocenters. The van der Waals surface area contributed by atoms with E-state index in [-0.39, 0.29) is 0 Å². The third-order valence-corrected chi connectivity index (χ3v) is 3.44. The van der Waals surface area contributed by atoms with Gasteiger partial charge in [0.1, 0.15) is 0 Å². The van der Waals surface area contributed by atoms with Gasteiger partial charge in [0.2, 0.25) is 0 Å². The highest BCUT2D eigenvalue weighted by Crippen LogP contribution is 2.22. The second-order valence-electron chi connectivity index (χ2n) is 4.43. The molecular formula is C15H18. The van der Waals surface area contributed by atoms with Gasteiger partial charge in [-0.3, -0.25) is 0 Å². The third kappa shape index (κ3) is 2.04. The lowest BCUT2D eigenvalue weighted by molar-refractivity contribution is 1.05. The molecule has 0 aliphatic heterocycles. The molecule has 2 rings (SSSR count). The first kappa shape index (κ1) is 10.2. The molecule has 0 fully saturated rings. The van der Waals surface area contributed by atoms with Gasteiger partial charge in [-0.2, -0.15) is 0 Å². The number of rotatable bonds is 2. The molecule has 0 spiro atoms. The van der Waals surface area contributed by atoms with Crippen molar-refractivity contribution in [3.63, 3.8) is 0 Å². The van der Waals surface area contributed by atoms with E-state index in [1.54, 1.807) is 0 Å². The molecule has 0 heteroatoms. The molecule has 0 saturated carbocycles. The van der Waals surface area contributed by atoms with Crippen LogP contribution >= 0.6 is 0 Å². The molecular weight excluding hydrogens is 180 g/mol. The zero-order valence-electron chi connectivity index (χ0n) is 9.80. The predicted molar refractivity (Wildman–Crippen MR) is 66.2 cm³/mol. The zero-order chi connectivity index (χ0) is 10.8. The van der Waals surface area contributed by atoms with Gasteiger partial charge in [0.05, 0.1) is 0 Å². The fourth-order valence-corrected chi connectivity index (χ4v) is 2.07. The van der Waals surface area contributed by atoms with Crippen LogP contribution in [-0.2, 0) is 6.42 Å². The average molecular weight is 198 g/mol. The van der Waals surface area contributed by atoms with Crippen LogP contribution in [0.1, 0.15) is 28.7 Å². The fraction of sp³-hybridized carbons (Fsp3) is 0.333. The van der Waals surface area contributed by atoms with Gasteiger partial charge < -0.3 is 0 Å². The minimum Gasteiger partial charge on any atom is -0.0804 e. The molecule has 1 aromatic carbocycles. The summed E-state index contributed by atoms with van der Waals surface area (Å²) in [7, 11) is 0.